The Bertz CT molecular complexity index is 343. The van der Waals surface area contributed by atoms with Crippen LogP contribution in [0.4, 0.5) is 0 Å². The Morgan fingerprint density at radius 2 is 2.64 bits per heavy atom. The largest absolute Gasteiger partial charge is 0.344 e. The predicted octanol–water partition coefficient (Wildman–Crippen LogP) is -0.111. The fraction of sp³-hybridized carbons (Fsp3) is 0.167. The second kappa shape index (κ2) is 3.68. The molecule has 5 heteroatoms. The van der Waals surface area contributed by atoms with Gasteiger partial charge in [-0.3, -0.25) is 4.79 Å². The van der Waals surface area contributed by atoms with E-state index in [0.29, 0.717) is 6.54 Å². The van der Waals surface area contributed by atoms with Gasteiger partial charge >= 0.3 is 4.87 Å². The van der Waals surface area contributed by atoms with Crippen LogP contribution < -0.4 is 4.87 Å². The number of rotatable bonds is 2. The highest BCUT2D eigenvalue weighted by molar-refractivity contribution is 7.02. The van der Waals surface area contributed by atoms with E-state index in [-0.39, 0.29) is 4.87 Å². The number of nitrogens with zero attached hydrogens (tertiary/aromatic N) is 3. The molecule has 0 bridgehead atoms. The van der Waals surface area contributed by atoms with Gasteiger partial charge < -0.3 is 0 Å². The predicted molar refractivity (Wildman–Crippen MR) is 42.1 cm³/mol. The van der Waals surface area contributed by atoms with Gasteiger partial charge in [-0.25, -0.2) is 0 Å². The summed E-state index contributed by atoms with van der Waals surface area (Å²) in [5.74, 6) is 2.31. The van der Waals surface area contributed by atoms with Gasteiger partial charge in [0.1, 0.15) is 0 Å². The molecule has 0 aliphatic heterocycles. The molecular weight excluding hydrogens is 162 g/mol. The Morgan fingerprint density at radius 3 is 3.18 bits per heavy atom. The zero-order chi connectivity index (χ0) is 8.10. The van der Waals surface area contributed by atoms with Crippen LogP contribution in [0.3, 0.4) is 0 Å². The highest BCUT2D eigenvalue weighted by Crippen LogP contribution is 1.79. The van der Waals surface area contributed by atoms with Crippen molar-refractivity contribution in [2.45, 2.75) is 6.54 Å². The van der Waals surface area contributed by atoms with E-state index in [0.717, 1.165) is 11.5 Å². The van der Waals surface area contributed by atoms with E-state index in [1.54, 1.807) is 6.08 Å². The summed E-state index contributed by atoms with van der Waals surface area (Å²) in [4.78, 5) is 10.6. The maximum Gasteiger partial charge on any atom is 0.344 e. The summed E-state index contributed by atoms with van der Waals surface area (Å²) in [6.07, 6.45) is 8.14. The van der Waals surface area contributed by atoms with Crippen molar-refractivity contribution in [3.05, 3.63) is 21.8 Å². The highest BCUT2D eigenvalue weighted by atomic mass is 32.1. The topological polar surface area (TPSA) is 47.8 Å². The first kappa shape index (κ1) is 7.69. The first-order valence-electron chi connectivity index (χ1n) is 2.85. The van der Waals surface area contributed by atoms with Gasteiger partial charge in [0.05, 0.1) is 18.1 Å². The van der Waals surface area contributed by atoms with Crippen LogP contribution in [0, 0.1) is 12.3 Å². The van der Waals surface area contributed by atoms with Crippen LogP contribution in [-0.4, -0.2) is 14.4 Å². The third-order valence-corrected chi connectivity index (χ3v) is 1.49. The summed E-state index contributed by atoms with van der Waals surface area (Å²) < 4.78 is 4.69. The maximum absolute atomic E-state index is 10.8. The Kier molecular flexibility index (Phi) is 2.58. The molecule has 1 aromatic rings. The van der Waals surface area contributed by atoms with Crippen molar-refractivity contribution in [2.75, 3.05) is 0 Å². The van der Waals surface area contributed by atoms with Gasteiger partial charge in [-0.2, -0.15) is 4.68 Å². The van der Waals surface area contributed by atoms with Crippen molar-refractivity contribution in [1.29, 1.82) is 0 Å². The fourth-order valence-electron chi connectivity index (χ4n) is 0.513. The van der Waals surface area contributed by atoms with Crippen molar-refractivity contribution in [1.82, 2.24) is 14.4 Å². The molecule has 56 valence electrons. The Balaban J connectivity index is 2.67. The molecule has 11 heavy (non-hydrogen) atoms. The summed E-state index contributed by atoms with van der Waals surface area (Å²) in [6.45, 7) is 0.388. The summed E-state index contributed by atoms with van der Waals surface area (Å²) in [6, 6.07) is 0. The van der Waals surface area contributed by atoms with Crippen molar-refractivity contribution in [2.24, 2.45) is 0 Å². The standard InChI is InChI=1S/C6H5N3OS/c1-2-3-4-5-9-6(10)11-8-7-9/h1,3-4H,5H2/b4-3+. The van der Waals surface area contributed by atoms with Crippen LogP contribution in [0.2, 0.25) is 0 Å². The smallest absolute Gasteiger partial charge is 0.253 e. The van der Waals surface area contributed by atoms with E-state index in [2.05, 4.69) is 15.6 Å². The van der Waals surface area contributed by atoms with Gasteiger partial charge in [0, 0.05) is 0 Å². The van der Waals surface area contributed by atoms with Crippen LogP contribution in [-0.2, 0) is 6.54 Å². The first-order chi connectivity index (χ1) is 5.34. The minimum atomic E-state index is -0.174. The van der Waals surface area contributed by atoms with E-state index < -0.39 is 0 Å². The van der Waals surface area contributed by atoms with Crippen molar-refractivity contribution in [3.8, 4) is 12.3 Å². The van der Waals surface area contributed by atoms with Gasteiger partial charge in [-0.15, -0.1) is 6.42 Å². The molecule has 0 amide bonds. The summed E-state index contributed by atoms with van der Waals surface area (Å²) in [5.41, 5.74) is 0. The molecule has 0 aromatic carbocycles. The molecule has 0 N–H and O–H groups in total. The number of aromatic nitrogens is 3. The van der Waals surface area contributed by atoms with Crippen LogP contribution in [0.15, 0.2) is 16.9 Å². The molecule has 0 atom stereocenters. The van der Waals surface area contributed by atoms with E-state index in [4.69, 9.17) is 6.42 Å². The maximum atomic E-state index is 10.8. The molecule has 1 aromatic heterocycles. The van der Waals surface area contributed by atoms with Gasteiger partial charge in [-0.05, 0) is 6.08 Å². The normalized spacial score (nSPS) is 10.1. The molecular formula is C6H5N3OS. The molecule has 0 unspecified atom stereocenters. The van der Waals surface area contributed by atoms with Crippen molar-refractivity contribution < 1.29 is 0 Å². The lowest BCUT2D eigenvalue weighted by Gasteiger charge is -1.86. The fourth-order valence-corrected chi connectivity index (χ4v) is 0.912. The van der Waals surface area contributed by atoms with E-state index in [9.17, 15) is 4.79 Å². The molecule has 4 nitrogen and oxygen atoms in total. The summed E-state index contributed by atoms with van der Waals surface area (Å²) in [7, 11) is 0. The van der Waals surface area contributed by atoms with Gasteiger partial charge in [0.15, 0.2) is 0 Å². The summed E-state index contributed by atoms with van der Waals surface area (Å²) in [5, 5.41) is 3.54. The SMILES string of the molecule is C#C/C=C/Cn1nnsc1=O. The van der Waals surface area contributed by atoms with Crippen LogP contribution in [0.5, 0.6) is 0 Å². The number of hydrogen-bond donors (Lipinski definition) is 0. The minimum absolute atomic E-state index is 0.174. The molecule has 0 radical (unpaired) electrons. The zero-order valence-electron chi connectivity index (χ0n) is 5.60. The Morgan fingerprint density at radius 1 is 1.82 bits per heavy atom. The van der Waals surface area contributed by atoms with Crippen molar-refractivity contribution in [3.63, 3.8) is 0 Å². The first-order valence-corrected chi connectivity index (χ1v) is 3.62. The average molecular weight is 167 g/mol. The third kappa shape index (κ3) is 2.02. The number of hydrogen-bond acceptors (Lipinski definition) is 4. The zero-order valence-corrected chi connectivity index (χ0v) is 6.41. The molecule has 1 heterocycles. The molecule has 0 saturated heterocycles. The lowest BCUT2D eigenvalue weighted by atomic mass is 10.5. The number of allylic oxidation sites excluding steroid dienone is 2. The monoisotopic (exact) mass is 167 g/mol. The van der Waals surface area contributed by atoms with Crippen LogP contribution >= 0.6 is 11.5 Å². The third-order valence-electron chi connectivity index (χ3n) is 0.967. The lowest BCUT2D eigenvalue weighted by Crippen LogP contribution is -2.13. The summed E-state index contributed by atoms with van der Waals surface area (Å²) >= 11 is 0.823. The van der Waals surface area contributed by atoms with Gasteiger partial charge in [-0.1, -0.05) is 21.7 Å². The Hall–Kier alpha value is -1.41. The Labute approximate surface area is 67.3 Å². The van der Waals surface area contributed by atoms with E-state index in [1.165, 1.54) is 10.8 Å². The molecule has 0 saturated carbocycles. The lowest BCUT2D eigenvalue weighted by molar-refractivity contribution is 0.643. The van der Waals surface area contributed by atoms with Gasteiger partial charge in [0.2, 0.25) is 0 Å². The van der Waals surface area contributed by atoms with Crippen LogP contribution in [0.25, 0.3) is 0 Å². The van der Waals surface area contributed by atoms with E-state index >= 15 is 0 Å². The quantitative estimate of drug-likeness (QED) is 0.577. The highest BCUT2D eigenvalue weighted by Gasteiger charge is 1.94. The van der Waals surface area contributed by atoms with Gasteiger partial charge in [0.25, 0.3) is 0 Å². The van der Waals surface area contributed by atoms with Crippen LogP contribution in [0.1, 0.15) is 0 Å². The van der Waals surface area contributed by atoms with Crippen molar-refractivity contribution >= 4 is 11.5 Å². The molecule has 0 aliphatic carbocycles. The minimum Gasteiger partial charge on any atom is -0.253 e. The molecule has 0 aliphatic rings. The second-order valence-corrected chi connectivity index (χ2v) is 2.37. The molecule has 0 spiro atoms. The molecule has 1 rings (SSSR count). The second-order valence-electron chi connectivity index (χ2n) is 1.68. The van der Waals surface area contributed by atoms with E-state index in [1.807, 2.05) is 0 Å². The average Bonchev–Trinajstić information content (AvgIpc) is 2.37. The molecule has 0 fully saturated rings. The number of terminal acetylenes is 1.